The average molecular weight is 371 g/mol. The van der Waals surface area contributed by atoms with Gasteiger partial charge in [0.15, 0.2) is 0 Å². The normalized spacial score (nSPS) is 16.2. The molecule has 0 saturated carbocycles. The van der Waals surface area contributed by atoms with Crippen LogP contribution in [0.4, 0.5) is 4.39 Å². The molecule has 27 heavy (non-hydrogen) atoms. The van der Waals surface area contributed by atoms with E-state index in [1.165, 1.54) is 32.4 Å². The number of amides is 2. The van der Waals surface area contributed by atoms with Crippen LogP contribution in [-0.4, -0.2) is 32.0 Å². The van der Waals surface area contributed by atoms with Gasteiger partial charge in [0, 0.05) is 17.2 Å². The molecular formula is C19H18FN3O4. The van der Waals surface area contributed by atoms with Gasteiger partial charge in [0.2, 0.25) is 11.9 Å². The maximum atomic E-state index is 14.0. The minimum Gasteiger partial charge on any atom is -0.497 e. The summed E-state index contributed by atoms with van der Waals surface area (Å²) in [6.45, 7) is 0. The number of nitrogens with one attached hydrogen (secondary N) is 2. The number of ether oxygens (including phenoxy) is 2. The van der Waals surface area contributed by atoms with Gasteiger partial charge in [0.25, 0.3) is 5.91 Å². The second-order valence-electron chi connectivity index (χ2n) is 5.82. The van der Waals surface area contributed by atoms with Crippen molar-refractivity contribution < 1.29 is 23.5 Å². The lowest BCUT2D eigenvalue weighted by Crippen LogP contribution is -2.47. The van der Waals surface area contributed by atoms with Gasteiger partial charge < -0.3 is 9.47 Å². The zero-order valence-electron chi connectivity index (χ0n) is 14.8. The molecule has 0 fully saturated rings. The molecule has 0 aromatic heterocycles. The summed E-state index contributed by atoms with van der Waals surface area (Å²) >= 11 is 0. The molecule has 8 heteroatoms. The molecule has 0 aliphatic carbocycles. The minimum atomic E-state index is -0.713. The Bertz CT molecular complexity index is 891. The van der Waals surface area contributed by atoms with E-state index in [0.717, 1.165) is 0 Å². The SMILES string of the molecule is COc1cc(OC)cc(C(=O)NC2=NC(c3ccccc3F)CC(=O)N2)c1. The molecule has 2 N–H and O–H groups in total. The Balaban J connectivity index is 1.84. The van der Waals surface area contributed by atoms with E-state index in [-0.39, 0.29) is 23.9 Å². The van der Waals surface area contributed by atoms with Crippen molar-refractivity contribution in [3.05, 3.63) is 59.4 Å². The lowest BCUT2D eigenvalue weighted by atomic mass is 10.0. The van der Waals surface area contributed by atoms with Crippen LogP contribution in [0, 0.1) is 5.82 Å². The maximum absolute atomic E-state index is 14.0. The van der Waals surface area contributed by atoms with Crippen molar-refractivity contribution in [2.45, 2.75) is 12.5 Å². The molecule has 140 valence electrons. The Hall–Kier alpha value is -3.42. The van der Waals surface area contributed by atoms with E-state index < -0.39 is 17.8 Å². The summed E-state index contributed by atoms with van der Waals surface area (Å²) < 4.78 is 24.3. The third-order valence-corrected chi connectivity index (χ3v) is 4.03. The molecule has 0 saturated heterocycles. The number of carbonyl (C=O) groups excluding carboxylic acids is 2. The maximum Gasteiger partial charge on any atom is 0.258 e. The van der Waals surface area contributed by atoms with Crippen molar-refractivity contribution in [2.24, 2.45) is 4.99 Å². The molecule has 1 aliphatic rings. The minimum absolute atomic E-state index is 0.00666. The molecule has 0 bridgehead atoms. The zero-order valence-corrected chi connectivity index (χ0v) is 14.8. The number of methoxy groups -OCH3 is 2. The Morgan fingerprint density at radius 3 is 2.48 bits per heavy atom. The van der Waals surface area contributed by atoms with Crippen LogP contribution in [0.25, 0.3) is 0 Å². The summed E-state index contributed by atoms with van der Waals surface area (Å²) in [7, 11) is 2.95. The van der Waals surface area contributed by atoms with Crippen molar-refractivity contribution in [3.63, 3.8) is 0 Å². The van der Waals surface area contributed by atoms with Crippen molar-refractivity contribution in [1.29, 1.82) is 0 Å². The highest BCUT2D eigenvalue weighted by atomic mass is 19.1. The summed E-state index contributed by atoms with van der Waals surface area (Å²) in [6, 6.07) is 10.1. The molecular weight excluding hydrogens is 353 g/mol. The smallest absolute Gasteiger partial charge is 0.258 e. The number of hydrogen-bond acceptors (Lipinski definition) is 5. The first kappa shape index (κ1) is 18.4. The van der Waals surface area contributed by atoms with Crippen molar-refractivity contribution in [1.82, 2.24) is 10.6 Å². The lowest BCUT2D eigenvalue weighted by Gasteiger charge is -2.21. The van der Waals surface area contributed by atoms with E-state index >= 15 is 0 Å². The standard InChI is InChI=1S/C19H18FN3O4/c1-26-12-7-11(8-13(9-12)27-2)18(25)23-19-21-16(10-17(24)22-19)14-5-3-4-6-15(14)20/h3-9,16H,10H2,1-2H3,(H2,21,22,23,24,25). The van der Waals surface area contributed by atoms with Crippen LogP contribution in [-0.2, 0) is 4.79 Å². The quantitative estimate of drug-likeness (QED) is 0.862. The van der Waals surface area contributed by atoms with Crippen LogP contribution in [0.3, 0.4) is 0 Å². The summed E-state index contributed by atoms with van der Waals surface area (Å²) in [6.07, 6.45) is -0.00666. The van der Waals surface area contributed by atoms with Gasteiger partial charge in [-0.05, 0) is 18.2 Å². The van der Waals surface area contributed by atoms with Crippen molar-refractivity contribution >= 4 is 17.8 Å². The summed E-state index contributed by atoms with van der Waals surface area (Å²) in [5.41, 5.74) is 0.554. The number of benzene rings is 2. The van der Waals surface area contributed by atoms with Gasteiger partial charge >= 0.3 is 0 Å². The molecule has 2 amide bonds. The first-order chi connectivity index (χ1) is 13.0. The van der Waals surface area contributed by atoms with E-state index in [1.54, 1.807) is 24.3 Å². The van der Waals surface area contributed by atoms with Crippen LogP contribution in [0.2, 0.25) is 0 Å². The molecule has 1 atom stereocenters. The zero-order chi connectivity index (χ0) is 19.4. The van der Waals surface area contributed by atoms with Crippen molar-refractivity contribution in [3.8, 4) is 11.5 Å². The van der Waals surface area contributed by atoms with E-state index in [1.807, 2.05) is 0 Å². The van der Waals surface area contributed by atoms with E-state index in [4.69, 9.17) is 9.47 Å². The number of nitrogens with zero attached hydrogens (tertiary/aromatic N) is 1. The first-order valence-electron chi connectivity index (χ1n) is 8.16. The average Bonchev–Trinajstić information content (AvgIpc) is 2.67. The first-order valence-corrected chi connectivity index (χ1v) is 8.16. The van der Waals surface area contributed by atoms with Gasteiger partial charge in [-0.2, -0.15) is 0 Å². The molecule has 7 nitrogen and oxygen atoms in total. The predicted molar refractivity (Wildman–Crippen MR) is 96.3 cm³/mol. The van der Waals surface area contributed by atoms with Crippen LogP contribution in [0.5, 0.6) is 11.5 Å². The number of guanidine groups is 1. The van der Waals surface area contributed by atoms with Crippen LogP contribution < -0.4 is 20.1 Å². The van der Waals surface area contributed by atoms with Gasteiger partial charge in [-0.15, -0.1) is 0 Å². The predicted octanol–water partition coefficient (Wildman–Crippen LogP) is 2.19. The Morgan fingerprint density at radius 1 is 1.19 bits per heavy atom. The molecule has 1 unspecified atom stereocenters. The topological polar surface area (TPSA) is 89.0 Å². The highest BCUT2D eigenvalue weighted by molar-refractivity contribution is 6.10. The molecule has 0 radical (unpaired) electrons. The van der Waals surface area contributed by atoms with Gasteiger partial charge in [0.1, 0.15) is 17.3 Å². The third kappa shape index (κ3) is 4.22. The Kier molecular flexibility index (Phi) is 5.35. The van der Waals surface area contributed by atoms with Crippen molar-refractivity contribution in [2.75, 3.05) is 14.2 Å². The number of carbonyl (C=O) groups is 2. The lowest BCUT2D eigenvalue weighted by molar-refractivity contribution is -0.120. The fourth-order valence-corrected chi connectivity index (χ4v) is 2.70. The fraction of sp³-hybridized carbons (Fsp3) is 0.211. The van der Waals surface area contributed by atoms with E-state index in [0.29, 0.717) is 17.1 Å². The van der Waals surface area contributed by atoms with E-state index in [2.05, 4.69) is 15.6 Å². The summed E-state index contributed by atoms with van der Waals surface area (Å²) in [5, 5.41) is 5.02. The van der Waals surface area contributed by atoms with Gasteiger partial charge in [-0.25, -0.2) is 9.38 Å². The Labute approximate surface area is 155 Å². The molecule has 2 aromatic rings. The molecule has 2 aromatic carbocycles. The van der Waals surface area contributed by atoms with Gasteiger partial charge in [-0.3, -0.25) is 20.2 Å². The van der Waals surface area contributed by atoms with Gasteiger partial charge in [0.05, 0.1) is 26.7 Å². The highest BCUT2D eigenvalue weighted by Crippen LogP contribution is 2.26. The number of rotatable bonds is 4. The second-order valence-corrected chi connectivity index (χ2v) is 5.82. The van der Waals surface area contributed by atoms with Crippen LogP contribution >= 0.6 is 0 Å². The molecule has 3 rings (SSSR count). The molecule has 0 spiro atoms. The monoisotopic (exact) mass is 371 g/mol. The molecule has 1 aliphatic heterocycles. The largest absolute Gasteiger partial charge is 0.497 e. The highest BCUT2D eigenvalue weighted by Gasteiger charge is 2.25. The summed E-state index contributed by atoms with van der Waals surface area (Å²) in [5.74, 6) is -0.482. The number of halogens is 1. The second kappa shape index (κ2) is 7.86. The fourth-order valence-electron chi connectivity index (χ4n) is 2.70. The van der Waals surface area contributed by atoms with Crippen LogP contribution in [0.1, 0.15) is 28.4 Å². The van der Waals surface area contributed by atoms with Crippen LogP contribution in [0.15, 0.2) is 47.5 Å². The van der Waals surface area contributed by atoms with E-state index in [9.17, 15) is 14.0 Å². The number of hydrogen-bond donors (Lipinski definition) is 2. The number of aliphatic imine (C=N–C) groups is 1. The molecule has 1 heterocycles. The Morgan fingerprint density at radius 2 is 1.85 bits per heavy atom. The third-order valence-electron chi connectivity index (χ3n) is 4.03. The van der Waals surface area contributed by atoms with Gasteiger partial charge in [-0.1, -0.05) is 18.2 Å². The summed E-state index contributed by atoms with van der Waals surface area (Å²) in [4.78, 5) is 28.8.